The van der Waals surface area contributed by atoms with Crippen LogP contribution in [-0.4, -0.2) is 35.9 Å². The Labute approximate surface area is 146 Å². The molecule has 0 spiro atoms. The Hall–Kier alpha value is -2.34. The Morgan fingerprint density at radius 3 is 2.42 bits per heavy atom. The van der Waals surface area contributed by atoms with E-state index in [0.717, 1.165) is 25.9 Å². The second kappa shape index (κ2) is 7.97. The molecular weight excluding hydrogens is 330 g/mol. The summed E-state index contributed by atoms with van der Waals surface area (Å²) in [5.41, 5.74) is 1.10. The molecule has 1 aliphatic rings. The third-order valence-corrected chi connectivity index (χ3v) is 3.99. The number of carbonyl (C=O) groups excluding carboxylic acids is 1. The van der Waals surface area contributed by atoms with Gasteiger partial charge in [-0.3, -0.25) is 4.79 Å². The van der Waals surface area contributed by atoms with Crippen molar-refractivity contribution < 1.29 is 9.53 Å². The van der Waals surface area contributed by atoms with Crippen LogP contribution in [0.1, 0.15) is 29.8 Å². The molecule has 1 saturated heterocycles. The zero-order chi connectivity index (χ0) is 16.2. The molecule has 0 amide bonds. The van der Waals surface area contributed by atoms with Crippen molar-refractivity contribution in [1.82, 2.24) is 9.78 Å². The van der Waals surface area contributed by atoms with Crippen LogP contribution in [-0.2, 0) is 4.74 Å². The third-order valence-electron chi connectivity index (χ3n) is 3.99. The van der Waals surface area contributed by atoms with Crippen LogP contribution in [0.3, 0.4) is 0 Å². The van der Waals surface area contributed by atoms with E-state index < -0.39 is 5.97 Å². The summed E-state index contributed by atoms with van der Waals surface area (Å²) in [4.78, 5) is 26.7. The third kappa shape index (κ3) is 3.59. The highest BCUT2D eigenvalue weighted by atomic mass is 35.5. The van der Waals surface area contributed by atoms with Gasteiger partial charge in [0.15, 0.2) is 5.69 Å². The predicted molar refractivity (Wildman–Crippen MR) is 94.5 cm³/mol. The number of anilines is 1. The first-order chi connectivity index (χ1) is 11.2. The van der Waals surface area contributed by atoms with Gasteiger partial charge in [-0.2, -0.15) is 9.78 Å². The van der Waals surface area contributed by atoms with Gasteiger partial charge in [-0.15, -0.1) is 12.4 Å². The summed E-state index contributed by atoms with van der Waals surface area (Å²) in [5.74, 6) is -0.532. The van der Waals surface area contributed by atoms with Crippen LogP contribution in [0, 0.1) is 0 Å². The van der Waals surface area contributed by atoms with Crippen molar-refractivity contribution in [3.05, 3.63) is 52.4 Å². The van der Waals surface area contributed by atoms with Crippen molar-refractivity contribution in [3.8, 4) is 5.69 Å². The number of rotatable bonds is 3. The number of hydrogen-bond acceptors (Lipinski definition) is 5. The van der Waals surface area contributed by atoms with Crippen molar-refractivity contribution in [2.24, 2.45) is 0 Å². The summed E-state index contributed by atoms with van der Waals surface area (Å²) in [5, 5.41) is 4.28. The summed E-state index contributed by atoms with van der Waals surface area (Å²) in [6, 6.07) is 10.5. The first kappa shape index (κ1) is 18.0. The van der Waals surface area contributed by atoms with E-state index in [1.165, 1.54) is 24.3 Å². The number of benzene rings is 1. The van der Waals surface area contributed by atoms with Gasteiger partial charge in [0.05, 0.1) is 18.5 Å². The molecule has 0 aliphatic carbocycles. The van der Waals surface area contributed by atoms with E-state index in [-0.39, 0.29) is 23.7 Å². The Kier molecular flexibility index (Phi) is 5.98. The molecule has 128 valence electrons. The van der Waals surface area contributed by atoms with Crippen LogP contribution >= 0.6 is 12.4 Å². The summed E-state index contributed by atoms with van der Waals surface area (Å²) >= 11 is 0. The lowest BCUT2D eigenvalue weighted by atomic mass is 10.1. The number of halogens is 1. The number of hydrogen-bond donors (Lipinski definition) is 0. The molecule has 0 saturated carbocycles. The Balaban J connectivity index is 0.00000208. The molecule has 6 nitrogen and oxygen atoms in total. The van der Waals surface area contributed by atoms with E-state index in [1.54, 1.807) is 12.1 Å². The van der Waals surface area contributed by atoms with Gasteiger partial charge >= 0.3 is 5.97 Å². The molecule has 24 heavy (non-hydrogen) atoms. The number of nitrogens with zero attached hydrogens (tertiary/aromatic N) is 3. The molecule has 0 bridgehead atoms. The van der Waals surface area contributed by atoms with Crippen LogP contribution in [0.2, 0.25) is 0 Å². The Morgan fingerprint density at radius 2 is 1.79 bits per heavy atom. The van der Waals surface area contributed by atoms with Gasteiger partial charge in [0.2, 0.25) is 0 Å². The minimum atomic E-state index is -0.532. The van der Waals surface area contributed by atoms with Gasteiger partial charge in [0.1, 0.15) is 0 Å². The molecule has 2 heterocycles. The molecule has 0 radical (unpaired) electrons. The largest absolute Gasteiger partial charge is 0.464 e. The topological polar surface area (TPSA) is 64.4 Å². The number of ether oxygens (including phenoxy) is 1. The van der Waals surface area contributed by atoms with Crippen molar-refractivity contribution in [3.63, 3.8) is 0 Å². The molecule has 1 fully saturated rings. The Bertz CT molecular complexity index is 755. The van der Waals surface area contributed by atoms with Crippen LogP contribution in [0.5, 0.6) is 0 Å². The molecule has 0 atom stereocenters. The molecule has 3 rings (SSSR count). The number of methoxy groups -OCH3 is 1. The fourth-order valence-corrected chi connectivity index (χ4v) is 2.82. The first-order valence-electron chi connectivity index (χ1n) is 7.74. The zero-order valence-electron chi connectivity index (χ0n) is 13.5. The quantitative estimate of drug-likeness (QED) is 0.796. The van der Waals surface area contributed by atoms with Crippen LogP contribution in [0.15, 0.2) is 41.2 Å². The molecule has 7 heteroatoms. The maximum atomic E-state index is 12.5. The van der Waals surface area contributed by atoms with E-state index in [0.29, 0.717) is 11.4 Å². The summed E-state index contributed by atoms with van der Waals surface area (Å²) in [6.07, 6.45) is 3.25. The fraction of sp³-hybridized carbons (Fsp3) is 0.353. The van der Waals surface area contributed by atoms with Gasteiger partial charge in [0.25, 0.3) is 5.56 Å². The Morgan fingerprint density at radius 1 is 1.12 bits per heavy atom. The van der Waals surface area contributed by atoms with E-state index in [2.05, 4.69) is 5.10 Å². The van der Waals surface area contributed by atoms with Crippen molar-refractivity contribution in [2.45, 2.75) is 19.3 Å². The van der Waals surface area contributed by atoms with E-state index in [1.807, 2.05) is 23.1 Å². The maximum absolute atomic E-state index is 12.5. The molecule has 2 aromatic rings. The zero-order valence-corrected chi connectivity index (χ0v) is 14.3. The number of esters is 1. The monoisotopic (exact) mass is 349 g/mol. The standard InChI is InChI=1S/C17H19N3O3.ClH/c1-23-17(22)16-14(19-10-6-3-7-11-19)12-15(21)20(18-16)13-8-4-2-5-9-13;/h2,4-5,8-9,12H,3,6-7,10-11H2,1H3;1H. The first-order valence-corrected chi connectivity index (χ1v) is 7.74. The van der Waals surface area contributed by atoms with Crippen molar-refractivity contribution >= 4 is 24.1 Å². The van der Waals surface area contributed by atoms with E-state index in [9.17, 15) is 9.59 Å². The molecule has 0 N–H and O–H groups in total. The lowest BCUT2D eigenvalue weighted by Crippen LogP contribution is -2.34. The van der Waals surface area contributed by atoms with E-state index in [4.69, 9.17) is 4.74 Å². The van der Waals surface area contributed by atoms with Gasteiger partial charge in [0, 0.05) is 19.2 Å². The molecule has 1 aromatic carbocycles. The highest BCUT2D eigenvalue weighted by Gasteiger charge is 2.23. The van der Waals surface area contributed by atoms with Gasteiger partial charge in [-0.1, -0.05) is 18.2 Å². The highest BCUT2D eigenvalue weighted by molar-refractivity contribution is 5.93. The predicted octanol–water partition coefficient (Wildman–Crippen LogP) is 2.43. The average Bonchev–Trinajstić information content (AvgIpc) is 2.62. The minimum Gasteiger partial charge on any atom is -0.464 e. The molecule has 1 aliphatic heterocycles. The number of para-hydroxylation sites is 1. The summed E-state index contributed by atoms with van der Waals surface area (Å²) < 4.78 is 6.09. The van der Waals surface area contributed by atoms with Gasteiger partial charge in [-0.25, -0.2) is 4.79 Å². The summed E-state index contributed by atoms with van der Waals surface area (Å²) in [7, 11) is 1.32. The second-order valence-electron chi connectivity index (χ2n) is 5.50. The normalized spacial score (nSPS) is 14.0. The van der Waals surface area contributed by atoms with E-state index >= 15 is 0 Å². The van der Waals surface area contributed by atoms with Crippen molar-refractivity contribution in [1.29, 1.82) is 0 Å². The van der Waals surface area contributed by atoms with Crippen molar-refractivity contribution in [2.75, 3.05) is 25.1 Å². The smallest absolute Gasteiger partial charge is 0.360 e. The summed E-state index contributed by atoms with van der Waals surface area (Å²) in [6.45, 7) is 1.64. The van der Waals surface area contributed by atoms with Crippen LogP contribution in [0.4, 0.5) is 5.69 Å². The minimum absolute atomic E-state index is 0. The second-order valence-corrected chi connectivity index (χ2v) is 5.50. The molecule has 1 aromatic heterocycles. The molecule has 0 unspecified atom stereocenters. The lowest BCUT2D eigenvalue weighted by molar-refractivity contribution is 0.0592. The lowest BCUT2D eigenvalue weighted by Gasteiger charge is -2.29. The fourth-order valence-electron chi connectivity index (χ4n) is 2.82. The number of carbonyl (C=O) groups is 1. The highest BCUT2D eigenvalue weighted by Crippen LogP contribution is 2.22. The SMILES string of the molecule is COC(=O)c1nn(-c2ccccc2)c(=O)cc1N1CCCCC1.Cl. The van der Waals surface area contributed by atoms with Crippen LogP contribution < -0.4 is 10.5 Å². The number of piperidine rings is 1. The van der Waals surface area contributed by atoms with Gasteiger partial charge in [-0.05, 0) is 31.4 Å². The molecular formula is C17H20ClN3O3. The average molecular weight is 350 g/mol. The maximum Gasteiger partial charge on any atom is 0.360 e. The van der Waals surface area contributed by atoms with Gasteiger partial charge < -0.3 is 9.64 Å². The van der Waals surface area contributed by atoms with Crippen LogP contribution in [0.25, 0.3) is 5.69 Å². The number of aromatic nitrogens is 2.